The zero-order valence-corrected chi connectivity index (χ0v) is 12.9. The highest BCUT2D eigenvalue weighted by Crippen LogP contribution is 2.27. The van der Waals surface area contributed by atoms with Crippen molar-refractivity contribution < 1.29 is 4.42 Å². The van der Waals surface area contributed by atoms with Crippen molar-refractivity contribution in [2.45, 2.75) is 18.1 Å². The number of thioether (sulfide) groups is 1. The Morgan fingerprint density at radius 2 is 2.24 bits per heavy atom. The Morgan fingerprint density at radius 3 is 2.95 bits per heavy atom. The van der Waals surface area contributed by atoms with E-state index in [1.807, 2.05) is 25.2 Å². The molecule has 3 rings (SSSR count). The van der Waals surface area contributed by atoms with Gasteiger partial charge in [0, 0.05) is 18.2 Å². The number of aryl methyl sites for hydroxylation is 1. The zero-order chi connectivity index (χ0) is 14.7. The zero-order valence-electron chi connectivity index (χ0n) is 12.1. The van der Waals surface area contributed by atoms with Crippen LogP contribution < -0.4 is 5.32 Å². The molecule has 0 radical (unpaired) electrons. The summed E-state index contributed by atoms with van der Waals surface area (Å²) in [6.07, 6.45) is 1.58. The van der Waals surface area contributed by atoms with Gasteiger partial charge in [-0.2, -0.15) is 5.10 Å². The predicted octanol–water partition coefficient (Wildman–Crippen LogP) is 3.00. The lowest BCUT2D eigenvalue weighted by Crippen LogP contribution is -2.22. The molecule has 0 saturated carbocycles. The minimum absolute atomic E-state index is 0.157. The first-order valence-corrected chi connectivity index (χ1v) is 7.95. The van der Waals surface area contributed by atoms with Crippen molar-refractivity contribution in [1.29, 1.82) is 0 Å². The highest BCUT2D eigenvalue weighted by Gasteiger charge is 2.17. The summed E-state index contributed by atoms with van der Waals surface area (Å²) >= 11 is 1.67. The molecule has 3 aromatic rings. The number of nitrogens with zero attached hydrogens (tertiary/aromatic N) is 3. The molecule has 1 unspecified atom stereocenters. The Bertz CT molecular complexity index is 688. The van der Waals surface area contributed by atoms with E-state index < -0.39 is 0 Å². The number of furan rings is 1. The van der Waals surface area contributed by atoms with Gasteiger partial charge in [-0.25, -0.2) is 9.67 Å². The second kappa shape index (κ2) is 6.32. The normalized spacial score (nSPS) is 12.9. The number of para-hydroxylation sites is 1. The number of benzene rings is 1. The van der Waals surface area contributed by atoms with Crippen LogP contribution in [-0.4, -0.2) is 27.1 Å². The van der Waals surface area contributed by atoms with Crippen LogP contribution in [0.1, 0.15) is 18.7 Å². The van der Waals surface area contributed by atoms with Gasteiger partial charge in [0.15, 0.2) is 5.16 Å². The molecule has 0 saturated heterocycles. The minimum atomic E-state index is 0.157. The molecule has 21 heavy (non-hydrogen) atoms. The summed E-state index contributed by atoms with van der Waals surface area (Å²) in [6.45, 7) is 2.99. The van der Waals surface area contributed by atoms with Gasteiger partial charge in [-0.3, -0.25) is 0 Å². The van der Waals surface area contributed by atoms with Crippen LogP contribution >= 0.6 is 11.8 Å². The largest absolute Gasteiger partial charge is 0.459 e. The van der Waals surface area contributed by atoms with Gasteiger partial charge in [-0.15, -0.1) is 0 Å². The molecule has 5 nitrogen and oxygen atoms in total. The van der Waals surface area contributed by atoms with Crippen LogP contribution in [0.25, 0.3) is 11.0 Å². The molecule has 1 N–H and O–H groups in total. The fourth-order valence-corrected chi connectivity index (χ4v) is 3.19. The Kier molecular flexibility index (Phi) is 4.26. The molecule has 110 valence electrons. The molecule has 0 aliphatic heterocycles. The van der Waals surface area contributed by atoms with Crippen molar-refractivity contribution in [2.75, 3.05) is 12.3 Å². The van der Waals surface area contributed by atoms with Gasteiger partial charge in [0.05, 0.1) is 6.04 Å². The topological polar surface area (TPSA) is 55.9 Å². The Labute approximate surface area is 127 Å². The molecule has 0 amide bonds. The van der Waals surface area contributed by atoms with Crippen molar-refractivity contribution >= 4 is 22.7 Å². The van der Waals surface area contributed by atoms with E-state index in [1.165, 1.54) is 0 Å². The average molecular weight is 302 g/mol. The molecule has 0 fully saturated rings. The molecule has 0 aliphatic carbocycles. The van der Waals surface area contributed by atoms with Crippen LogP contribution in [0.2, 0.25) is 0 Å². The van der Waals surface area contributed by atoms with Crippen molar-refractivity contribution in [3.8, 4) is 0 Å². The minimum Gasteiger partial charge on any atom is -0.459 e. The maximum Gasteiger partial charge on any atom is 0.185 e. The van der Waals surface area contributed by atoms with Gasteiger partial charge in [0.1, 0.15) is 17.7 Å². The Balaban J connectivity index is 1.78. The van der Waals surface area contributed by atoms with Gasteiger partial charge in [-0.1, -0.05) is 36.9 Å². The molecule has 2 heterocycles. The lowest BCUT2D eigenvalue weighted by atomic mass is 10.2. The van der Waals surface area contributed by atoms with Crippen LogP contribution in [0.4, 0.5) is 0 Å². The quantitative estimate of drug-likeness (QED) is 0.709. The van der Waals surface area contributed by atoms with E-state index in [-0.39, 0.29) is 6.04 Å². The molecule has 1 aromatic carbocycles. The maximum absolute atomic E-state index is 5.96. The summed E-state index contributed by atoms with van der Waals surface area (Å²) in [4.78, 5) is 4.24. The van der Waals surface area contributed by atoms with E-state index in [0.29, 0.717) is 0 Å². The van der Waals surface area contributed by atoms with E-state index >= 15 is 0 Å². The van der Waals surface area contributed by atoms with E-state index in [4.69, 9.17) is 4.42 Å². The number of aromatic nitrogens is 3. The van der Waals surface area contributed by atoms with Crippen LogP contribution in [-0.2, 0) is 7.05 Å². The summed E-state index contributed by atoms with van der Waals surface area (Å²) in [6, 6.07) is 10.4. The van der Waals surface area contributed by atoms with Crippen molar-refractivity contribution in [1.82, 2.24) is 20.1 Å². The van der Waals surface area contributed by atoms with Crippen LogP contribution in [0, 0.1) is 0 Å². The highest BCUT2D eigenvalue weighted by atomic mass is 32.2. The average Bonchev–Trinajstić information content (AvgIpc) is 3.09. The fourth-order valence-electron chi connectivity index (χ4n) is 2.24. The number of rotatable bonds is 6. The van der Waals surface area contributed by atoms with E-state index in [2.05, 4.69) is 34.5 Å². The maximum atomic E-state index is 5.96. The number of hydrogen-bond acceptors (Lipinski definition) is 5. The van der Waals surface area contributed by atoms with Gasteiger partial charge in [-0.05, 0) is 18.7 Å². The standard InChI is InChI=1S/C15H18N4OS/c1-3-16-12(9-21-15-17-10-18-19(15)2)14-8-11-6-4-5-7-13(11)20-14/h4-8,10,12,16H,3,9H2,1-2H3. The second-order valence-corrected chi connectivity index (χ2v) is 5.76. The summed E-state index contributed by atoms with van der Waals surface area (Å²) < 4.78 is 7.75. The lowest BCUT2D eigenvalue weighted by molar-refractivity contribution is 0.463. The summed E-state index contributed by atoms with van der Waals surface area (Å²) in [5, 5.41) is 9.61. The third-order valence-corrected chi connectivity index (χ3v) is 4.42. The first-order valence-electron chi connectivity index (χ1n) is 6.96. The summed E-state index contributed by atoms with van der Waals surface area (Å²) in [5.41, 5.74) is 0.930. The molecule has 0 bridgehead atoms. The van der Waals surface area contributed by atoms with Gasteiger partial charge >= 0.3 is 0 Å². The van der Waals surface area contributed by atoms with Crippen LogP contribution in [0.3, 0.4) is 0 Å². The van der Waals surface area contributed by atoms with Crippen molar-refractivity contribution in [2.24, 2.45) is 7.05 Å². The van der Waals surface area contributed by atoms with Crippen molar-refractivity contribution in [3.05, 3.63) is 42.4 Å². The third kappa shape index (κ3) is 3.11. The van der Waals surface area contributed by atoms with Gasteiger partial charge in [0.25, 0.3) is 0 Å². The van der Waals surface area contributed by atoms with Crippen LogP contribution in [0.15, 0.2) is 46.2 Å². The van der Waals surface area contributed by atoms with Crippen molar-refractivity contribution in [3.63, 3.8) is 0 Å². The SMILES string of the molecule is CCNC(CSc1ncnn1C)c1cc2ccccc2o1. The number of fused-ring (bicyclic) bond motifs is 1. The lowest BCUT2D eigenvalue weighted by Gasteiger charge is -2.14. The highest BCUT2D eigenvalue weighted by molar-refractivity contribution is 7.99. The Morgan fingerprint density at radius 1 is 1.38 bits per heavy atom. The smallest absolute Gasteiger partial charge is 0.185 e. The monoisotopic (exact) mass is 302 g/mol. The fraction of sp³-hybridized carbons (Fsp3) is 0.333. The van der Waals surface area contributed by atoms with Crippen LogP contribution in [0.5, 0.6) is 0 Å². The third-order valence-electron chi connectivity index (χ3n) is 3.29. The Hall–Kier alpha value is -1.79. The van der Waals surface area contributed by atoms with Gasteiger partial charge < -0.3 is 9.73 Å². The molecule has 2 aromatic heterocycles. The molecular formula is C15H18N4OS. The van der Waals surface area contributed by atoms with E-state index in [0.717, 1.165) is 34.2 Å². The predicted molar refractivity (Wildman–Crippen MR) is 84.4 cm³/mol. The molecule has 0 spiro atoms. The molecule has 6 heteroatoms. The second-order valence-electron chi connectivity index (χ2n) is 4.77. The summed E-state index contributed by atoms with van der Waals surface area (Å²) in [5.74, 6) is 1.81. The first-order chi connectivity index (χ1) is 10.3. The van der Waals surface area contributed by atoms with E-state index in [1.54, 1.807) is 22.8 Å². The summed E-state index contributed by atoms with van der Waals surface area (Å²) in [7, 11) is 1.90. The molecular weight excluding hydrogens is 284 g/mol. The number of hydrogen-bond donors (Lipinski definition) is 1. The van der Waals surface area contributed by atoms with E-state index in [9.17, 15) is 0 Å². The number of nitrogens with one attached hydrogen (secondary N) is 1. The van der Waals surface area contributed by atoms with Gasteiger partial charge in [0.2, 0.25) is 0 Å². The molecule has 0 aliphatic rings. The molecule has 1 atom stereocenters. The first kappa shape index (κ1) is 14.2.